The van der Waals surface area contributed by atoms with Gasteiger partial charge in [-0.1, -0.05) is 0 Å². The van der Waals surface area contributed by atoms with E-state index in [2.05, 4.69) is 23.7 Å². The van der Waals surface area contributed by atoms with E-state index in [1.165, 1.54) is 0 Å². The largest absolute Gasteiger partial charge is 0.439 e. The number of ether oxygens (including phenoxy) is 1. The highest BCUT2D eigenvalue weighted by molar-refractivity contribution is 5.89. The van der Waals surface area contributed by atoms with E-state index in [4.69, 9.17) is 4.74 Å². The van der Waals surface area contributed by atoms with E-state index in [1.807, 2.05) is 7.05 Å². The lowest BCUT2D eigenvalue weighted by Gasteiger charge is -2.10. The third-order valence-electron chi connectivity index (χ3n) is 3.11. The number of nitrogens with one attached hydrogen (secondary N) is 1. The molecular formula is C10H17N2O2+. The van der Waals surface area contributed by atoms with Crippen molar-refractivity contribution in [1.82, 2.24) is 5.32 Å². The number of nitrogens with zero attached hydrogens (tertiary/aromatic N) is 1. The molecule has 2 rings (SSSR count). The lowest BCUT2D eigenvalue weighted by Crippen LogP contribution is -2.39. The Bertz CT molecular complexity index is 307. The Morgan fingerprint density at radius 1 is 1.57 bits per heavy atom. The van der Waals surface area contributed by atoms with Crippen LogP contribution in [0.4, 0.5) is 0 Å². The van der Waals surface area contributed by atoms with Gasteiger partial charge in [0.15, 0.2) is 18.2 Å². The molecule has 1 amide bonds. The van der Waals surface area contributed by atoms with Crippen LogP contribution in [-0.2, 0) is 9.53 Å². The average molecular weight is 197 g/mol. The van der Waals surface area contributed by atoms with Gasteiger partial charge < -0.3 is 10.1 Å². The summed E-state index contributed by atoms with van der Waals surface area (Å²) in [4.78, 5) is 11.1. The third-order valence-corrected chi connectivity index (χ3v) is 3.11. The fourth-order valence-corrected chi connectivity index (χ4v) is 1.88. The second-order valence-electron chi connectivity index (χ2n) is 4.66. The van der Waals surface area contributed by atoms with Crippen molar-refractivity contribution in [3.05, 3.63) is 0 Å². The highest BCUT2D eigenvalue weighted by atomic mass is 16.5. The van der Waals surface area contributed by atoms with Crippen LogP contribution in [0.25, 0.3) is 0 Å². The van der Waals surface area contributed by atoms with Crippen molar-refractivity contribution >= 4 is 11.8 Å². The maximum Gasteiger partial charge on any atom is 0.360 e. The van der Waals surface area contributed by atoms with E-state index in [0.717, 1.165) is 12.3 Å². The summed E-state index contributed by atoms with van der Waals surface area (Å²) in [6.45, 7) is 4.97. The highest BCUT2D eigenvalue weighted by Crippen LogP contribution is 2.20. The highest BCUT2D eigenvalue weighted by Gasteiger charge is 2.44. The molecule has 1 fully saturated rings. The van der Waals surface area contributed by atoms with Crippen molar-refractivity contribution in [3.63, 3.8) is 0 Å². The van der Waals surface area contributed by atoms with Crippen molar-refractivity contribution in [2.75, 3.05) is 13.7 Å². The second-order valence-corrected chi connectivity index (χ2v) is 4.66. The zero-order chi connectivity index (χ0) is 10.3. The van der Waals surface area contributed by atoms with Crippen molar-refractivity contribution in [1.29, 1.82) is 0 Å². The molecule has 2 heterocycles. The zero-order valence-electron chi connectivity index (χ0n) is 8.96. The molecule has 4 nitrogen and oxygen atoms in total. The molecule has 1 unspecified atom stereocenters. The van der Waals surface area contributed by atoms with Gasteiger partial charge in [-0.25, -0.2) is 0 Å². The number of hydrogen-bond donors (Lipinski definition) is 1. The summed E-state index contributed by atoms with van der Waals surface area (Å²) in [6, 6.07) is 0.0919. The number of amides is 1. The molecule has 1 atom stereocenters. The van der Waals surface area contributed by atoms with Gasteiger partial charge in [0, 0.05) is 20.3 Å². The van der Waals surface area contributed by atoms with E-state index >= 15 is 0 Å². The van der Waals surface area contributed by atoms with Gasteiger partial charge in [0.1, 0.15) is 7.05 Å². The smallest absolute Gasteiger partial charge is 0.360 e. The molecule has 4 heteroatoms. The molecule has 1 N–H and O–H groups in total. The van der Waals surface area contributed by atoms with Crippen LogP contribution in [0.2, 0.25) is 0 Å². The number of hydrogen-bond acceptors (Lipinski definition) is 2. The van der Waals surface area contributed by atoms with Crippen LogP contribution in [0, 0.1) is 0 Å². The first-order valence-corrected chi connectivity index (χ1v) is 5.03. The lowest BCUT2D eigenvalue weighted by atomic mass is 10.1. The second kappa shape index (κ2) is 2.97. The Balaban J connectivity index is 2.19. The molecule has 78 valence electrons. The van der Waals surface area contributed by atoms with Gasteiger partial charge in [0.2, 0.25) is 5.91 Å². The van der Waals surface area contributed by atoms with Crippen LogP contribution in [-0.4, -0.2) is 41.6 Å². The topological polar surface area (TPSA) is 41.3 Å². The molecule has 0 aliphatic carbocycles. The molecule has 2 aliphatic rings. The quantitative estimate of drug-likeness (QED) is 0.606. The molecule has 1 saturated heterocycles. The Morgan fingerprint density at radius 3 is 2.71 bits per heavy atom. The minimum atomic E-state index is 0.0443. The molecule has 0 spiro atoms. The predicted molar refractivity (Wildman–Crippen MR) is 52.4 cm³/mol. The van der Waals surface area contributed by atoms with Gasteiger partial charge in [0.05, 0.1) is 0 Å². The maximum absolute atomic E-state index is 11.1. The first kappa shape index (κ1) is 9.49. The monoisotopic (exact) mass is 197 g/mol. The molecule has 0 aromatic carbocycles. The normalized spacial score (nSPS) is 30.5. The number of carbonyl (C=O) groups excluding carboxylic acids is 1. The Kier molecular flexibility index (Phi) is 2.01. The van der Waals surface area contributed by atoms with Crippen LogP contribution in [0.5, 0.6) is 0 Å². The van der Waals surface area contributed by atoms with Crippen molar-refractivity contribution in [2.24, 2.45) is 0 Å². The summed E-state index contributed by atoms with van der Waals surface area (Å²) in [5.74, 6) is 1.05. The summed E-state index contributed by atoms with van der Waals surface area (Å²) < 4.78 is 7.77. The summed E-state index contributed by atoms with van der Waals surface area (Å²) >= 11 is 0. The van der Waals surface area contributed by atoms with Crippen molar-refractivity contribution in [3.8, 4) is 0 Å². The predicted octanol–water partition coefficient (Wildman–Crippen LogP) is 0.115. The average Bonchev–Trinajstić information content (AvgIpc) is 2.60. The third kappa shape index (κ3) is 1.38. The standard InChI is InChI=1S/C10H16N2O2/c1-10(2)6-14-9(12(10)3)7-4-5-8(13)11-7/h7H,4-6H2,1-3H3/p+1. The van der Waals surface area contributed by atoms with Gasteiger partial charge in [-0.05, 0) is 6.42 Å². The molecule has 0 bridgehead atoms. The first-order chi connectivity index (χ1) is 6.50. The van der Waals surface area contributed by atoms with Crippen LogP contribution in [0.15, 0.2) is 0 Å². The number of rotatable bonds is 1. The maximum atomic E-state index is 11.1. The Morgan fingerprint density at radius 2 is 2.29 bits per heavy atom. The van der Waals surface area contributed by atoms with Gasteiger partial charge in [-0.3, -0.25) is 4.79 Å². The minimum absolute atomic E-state index is 0.0443. The molecule has 2 aliphatic heterocycles. The first-order valence-electron chi connectivity index (χ1n) is 5.03. The van der Waals surface area contributed by atoms with Gasteiger partial charge >= 0.3 is 5.90 Å². The molecular weight excluding hydrogens is 180 g/mol. The van der Waals surface area contributed by atoms with Crippen LogP contribution in [0.1, 0.15) is 26.7 Å². The summed E-state index contributed by atoms with van der Waals surface area (Å²) in [5, 5.41) is 2.92. The summed E-state index contributed by atoms with van der Waals surface area (Å²) in [7, 11) is 2.02. The van der Waals surface area contributed by atoms with E-state index in [9.17, 15) is 4.79 Å². The molecule has 0 aromatic heterocycles. The van der Waals surface area contributed by atoms with Crippen molar-refractivity contribution < 1.29 is 14.1 Å². The van der Waals surface area contributed by atoms with Crippen LogP contribution < -0.4 is 5.32 Å². The van der Waals surface area contributed by atoms with E-state index < -0.39 is 0 Å². The van der Waals surface area contributed by atoms with E-state index in [1.54, 1.807) is 0 Å². The molecule has 0 radical (unpaired) electrons. The minimum Gasteiger partial charge on any atom is -0.439 e. The number of carbonyl (C=O) groups is 1. The molecule has 0 saturated carbocycles. The summed E-state index contributed by atoms with van der Waals surface area (Å²) in [6.07, 6.45) is 1.47. The van der Waals surface area contributed by atoms with Gasteiger partial charge in [0.25, 0.3) is 0 Å². The van der Waals surface area contributed by atoms with E-state index in [-0.39, 0.29) is 17.5 Å². The Hall–Kier alpha value is -1.06. The van der Waals surface area contributed by atoms with Gasteiger partial charge in [-0.2, -0.15) is 4.58 Å². The fourth-order valence-electron chi connectivity index (χ4n) is 1.88. The zero-order valence-corrected chi connectivity index (χ0v) is 8.96. The SMILES string of the molecule is C[N+]1=C(C2CCC(=O)N2)OCC1(C)C. The van der Waals surface area contributed by atoms with Gasteiger partial charge in [-0.15, -0.1) is 0 Å². The molecule has 14 heavy (non-hydrogen) atoms. The number of likely N-dealkylation sites (N-methyl/N-ethyl adjacent to an activating group) is 1. The Labute approximate surface area is 83.9 Å². The summed E-state index contributed by atoms with van der Waals surface area (Å²) in [5.41, 5.74) is 0.0443. The van der Waals surface area contributed by atoms with Crippen LogP contribution in [0.3, 0.4) is 0 Å². The van der Waals surface area contributed by atoms with Crippen LogP contribution >= 0.6 is 0 Å². The van der Waals surface area contributed by atoms with E-state index in [0.29, 0.717) is 13.0 Å². The molecule has 0 aromatic rings. The fraction of sp³-hybridized carbons (Fsp3) is 0.800. The van der Waals surface area contributed by atoms with Crippen molar-refractivity contribution in [2.45, 2.75) is 38.3 Å². The lowest BCUT2D eigenvalue weighted by molar-refractivity contribution is -0.564.